The molecule has 0 aliphatic heterocycles. The van der Waals surface area contributed by atoms with Gasteiger partial charge in [-0.15, -0.1) is 0 Å². The molecule has 130 valence electrons. The van der Waals surface area contributed by atoms with Crippen LogP contribution in [0.15, 0.2) is 46.2 Å². The van der Waals surface area contributed by atoms with Crippen LogP contribution >= 0.6 is 0 Å². The summed E-state index contributed by atoms with van der Waals surface area (Å²) in [5.41, 5.74) is 11.4. The van der Waals surface area contributed by atoms with Crippen molar-refractivity contribution in [1.29, 1.82) is 0 Å². The summed E-state index contributed by atoms with van der Waals surface area (Å²) >= 11 is 0. The molecule has 2 aromatic rings. The van der Waals surface area contributed by atoms with Gasteiger partial charge in [-0.25, -0.2) is 0 Å². The molecule has 0 fully saturated rings. The summed E-state index contributed by atoms with van der Waals surface area (Å²) in [6.07, 6.45) is 2.53. The minimum atomic E-state index is -4.52. The van der Waals surface area contributed by atoms with Crippen LogP contribution in [0.4, 0.5) is 11.4 Å². The summed E-state index contributed by atoms with van der Waals surface area (Å²) < 4.78 is 64.1. The van der Waals surface area contributed by atoms with Crippen LogP contribution in [-0.4, -0.2) is 44.8 Å². The van der Waals surface area contributed by atoms with Crippen molar-refractivity contribution >= 4 is 62.6 Å². The van der Waals surface area contributed by atoms with Gasteiger partial charge in [0.1, 0.15) is 9.79 Å². The monoisotopic (exact) mass is 378 g/mol. The van der Waals surface area contributed by atoms with Gasteiger partial charge in [-0.05, 0) is 35.4 Å². The van der Waals surface area contributed by atoms with Crippen LogP contribution in [0.1, 0.15) is 11.1 Å². The summed E-state index contributed by atoms with van der Waals surface area (Å²) in [5.74, 6) is 0. The Bertz CT molecular complexity index is 950. The second kappa shape index (κ2) is 7.61. The molecule has 0 aliphatic rings. The molecule has 0 saturated heterocycles. The molecule has 0 amide bonds. The maximum atomic E-state index is 11.4. The van der Waals surface area contributed by atoms with Gasteiger partial charge in [0.15, 0.2) is 0 Å². The van der Waals surface area contributed by atoms with Crippen molar-refractivity contribution in [2.75, 3.05) is 11.5 Å². The van der Waals surface area contributed by atoms with Gasteiger partial charge in [0.2, 0.25) is 0 Å². The molecule has 0 aromatic heterocycles. The summed E-state index contributed by atoms with van der Waals surface area (Å²) in [6.45, 7) is 0. The fraction of sp³-hybridized carbons (Fsp3) is 0. The van der Waals surface area contributed by atoms with Crippen LogP contribution in [-0.2, 0) is 20.2 Å². The van der Waals surface area contributed by atoms with Crippen molar-refractivity contribution in [2.24, 2.45) is 0 Å². The molecule has 0 bridgehead atoms. The fourth-order valence-electron chi connectivity index (χ4n) is 2.00. The van der Waals surface area contributed by atoms with Crippen molar-refractivity contribution in [3.8, 4) is 0 Å². The Hall–Kier alpha value is -1.80. The number of nitrogen functional groups attached to an aromatic ring is 2. The Labute approximate surface area is 157 Å². The van der Waals surface area contributed by atoms with Crippen molar-refractivity contribution < 1.29 is 25.9 Å². The van der Waals surface area contributed by atoms with Crippen molar-refractivity contribution in [3.05, 3.63) is 47.5 Å². The van der Waals surface area contributed by atoms with E-state index >= 15 is 0 Å². The molecule has 0 radical (unpaired) electrons. The van der Waals surface area contributed by atoms with Gasteiger partial charge in [-0.2, -0.15) is 16.8 Å². The SMILES string of the molecule is Nc1ccc(/C=C/c2ccc(N)cc2S(=O)(=O)O)c(S(=O)(=O)O)c1.[LiH]. The van der Waals surface area contributed by atoms with Gasteiger partial charge in [0, 0.05) is 11.4 Å². The van der Waals surface area contributed by atoms with Crippen molar-refractivity contribution in [1.82, 2.24) is 0 Å². The maximum absolute atomic E-state index is 11.4. The van der Waals surface area contributed by atoms with Crippen molar-refractivity contribution in [2.45, 2.75) is 9.79 Å². The number of benzene rings is 2. The predicted molar refractivity (Wildman–Crippen MR) is 97.4 cm³/mol. The summed E-state index contributed by atoms with van der Waals surface area (Å²) in [6, 6.07) is 7.67. The summed E-state index contributed by atoms with van der Waals surface area (Å²) in [7, 11) is -9.05. The van der Waals surface area contributed by atoms with Gasteiger partial charge in [0.05, 0.1) is 0 Å². The first-order valence-electron chi connectivity index (χ1n) is 6.40. The van der Waals surface area contributed by atoms with Crippen LogP contribution < -0.4 is 11.5 Å². The number of rotatable bonds is 4. The van der Waals surface area contributed by atoms with Gasteiger partial charge in [-0.3, -0.25) is 9.11 Å². The second-order valence-electron chi connectivity index (χ2n) is 4.88. The van der Waals surface area contributed by atoms with Crippen LogP contribution in [0.25, 0.3) is 12.2 Å². The average molecular weight is 378 g/mol. The molecule has 6 N–H and O–H groups in total. The molecule has 0 spiro atoms. The van der Waals surface area contributed by atoms with Gasteiger partial charge in [-0.1, -0.05) is 24.3 Å². The van der Waals surface area contributed by atoms with E-state index in [1.165, 1.54) is 36.4 Å². The molecule has 0 saturated carbocycles. The number of hydrogen-bond donors (Lipinski definition) is 4. The third-order valence-electron chi connectivity index (χ3n) is 3.07. The Morgan fingerprint density at radius 1 is 0.720 bits per heavy atom. The first-order chi connectivity index (χ1) is 11.0. The van der Waals surface area contributed by atoms with Crippen LogP contribution in [0, 0.1) is 0 Å². The Morgan fingerprint density at radius 3 is 1.32 bits per heavy atom. The summed E-state index contributed by atoms with van der Waals surface area (Å²) in [4.78, 5) is -0.856. The molecule has 0 unspecified atom stereocenters. The van der Waals surface area contributed by atoms with Gasteiger partial charge in [0.25, 0.3) is 20.2 Å². The molecule has 0 aliphatic carbocycles. The average Bonchev–Trinajstić information content (AvgIpc) is 2.45. The number of anilines is 2. The molecular formula is C14H15LiN2O6S2. The Balaban J connectivity index is 0.00000312. The zero-order valence-electron chi connectivity index (χ0n) is 12.1. The molecule has 0 atom stereocenters. The standard InChI is InChI=1S/C14H14N2O6S2.Li.H/c15-11-5-3-9(13(7-11)23(17,18)19)1-2-10-4-6-12(16)8-14(10)24(20,21)22;;/h1-8H,15-16H2,(H,17,18,19)(H,20,21,22);;/b2-1+;;. The van der Waals surface area contributed by atoms with E-state index in [1.54, 1.807) is 0 Å². The summed E-state index contributed by atoms with van der Waals surface area (Å²) in [5, 5.41) is 0. The van der Waals surface area contributed by atoms with E-state index in [9.17, 15) is 25.9 Å². The Morgan fingerprint density at radius 2 is 1.04 bits per heavy atom. The quantitative estimate of drug-likeness (QED) is 0.264. The molecule has 11 heteroatoms. The normalized spacial score (nSPS) is 12.1. The third-order valence-corrected chi connectivity index (χ3v) is 4.89. The van der Waals surface area contributed by atoms with Gasteiger partial charge < -0.3 is 11.5 Å². The molecule has 0 heterocycles. The first kappa shape index (κ1) is 21.2. The van der Waals surface area contributed by atoms with E-state index in [0.29, 0.717) is 0 Å². The van der Waals surface area contributed by atoms with E-state index in [4.69, 9.17) is 11.5 Å². The fourth-order valence-corrected chi connectivity index (χ4v) is 3.44. The molecular weight excluding hydrogens is 363 g/mol. The van der Waals surface area contributed by atoms with Gasteiger partial charge >= 0.3 is 18.9 Å². The zero-order valence-corrected chi connectivity index (χ0v) is 13.8. The first-order valence-corrected chi connectivity index (χ1v) is 9.28. The third kappa shape index (κ3) is 5.34. The van der Waals surface area contributed by atoms with E-state index in [0.717, 1.165) is 12.1 Å². The zero-order chi connectivity index (χ0) is 18.1. The Kier molecular flexibility index (Phi) is 6.47. The minimum absolute atomic E-state index is 0. The molecule has 8 nitrogen and oxygen atoms in total. The topological polar surface area (TPSA) is 161 Å². The van der Waals surface area contributed by atoms with Crippen LogP contribution in [0.3, 0.4) is 0 Å². The number of nitrogens with two attached hydrogens (primary N) is 2. The van der Waals surface area contributed by atoms with E-state index in [1.807, 2.05) is 0 Å². The van der Waals surface area contributed by atoms with Crippen LogP contribution in [0.2, 0.25) is 0 Å². The molecule has 2 rings (SSSR count). The second-order valence-corrected chi connectivity index (χ2v) is 7.66. The number of hydrogen-bond acceptors (Lipinski definition) is 6. The van der Waals surface area contributed by atoms with E-state index in [2.05, 4.69) is 0 Å². The van der Waals surface area contributed by atoms with Crippen molar-refractivity contribution in [3.63, 3.8) is 0 Å². The van der Waals surface area contributed by atoms with E-state index < -0.39 is 30.0 Å². The predicted octanol–water partition coefficient (Wildman–Crippen LogP) is 0.866. The molecule has 25 heavy (non-hydrogen) atoms. The van der Waals surface area contributed by atoms with Crippen LogP contribution in [0.5, 0.6) is 0 Å². The van der Waals surface area contributed by atoms with E-state index in [-0.39, 0.29) is 41.4 Å². The molecule has 2 aromatic carbocycles.